The van der Waals surface area contributed by atoms with Crippen molar-refractivity contribution < 1.29 is 9.84 Å². The molecule has 0 amide bonds. The van der Waals surface area contributed by atoms with Crippen LogP contribution in [0.2, 0.25) is 0 Å². The van der Waals surface area contributed by atoms with Crippen LogP contribution in [-0.2, 0) is 13.2 Å². The van der Waals surface area contributed by atoms with Crippen molar-refractivity contribution in [1.29, 1.82) is 0 Å². The minimum absolute atomic E-state index is 0.173. The third kappa shape index (κ3) is 4.81. The van der Waals surface area contributed by atoms with Gasteiger partial charge in [0.2, 0.25) is 0 Å². The van der Waals surface area contributed by atoms with E-state index in [2.05, 4.69) is 29.4 Å². The number of para-hydroxylation sites is 1. The van der Waals surface area contributed by atoms with E-state index in [0.717, 1.165) is 16.9 Å². The molecule has 2 N–H and O–H groups in total. The number of aromatic nitrogens is 1. The normalized spacial score (nSPS) is 11.9. The van der Waals surface area contributed by atoms with Gasteiger partial charge in [-0.1, -0.05) is 36.4 Å². The van der Waals surface area contributed by atoms with Crippen molar-refractivity contribution in [3.63, 3.8) is 0 Å². The molecule has 1 heterocycles. The Hall–Kier alpha value is -2.85. The fourth-order valence-electron chi connectivity index (χ4n) is 2.54. The van der Waals surface area contributed by atoms with E-state index in [0.29, 0.717) is 18.9 Å². The SMILES string of the molecule is CC(NCc1ccccc1O)c1ccc(OCc2cccnc2)cc1. The highest BCUT2D eigenvalue weighted by Gasteiger charge is 2.07. The molecule has 0 fully saturated rings. The second kappa shape index (κ2) is 8.31. The van der Waals surface area contributed by atoms with Crippen LogP contribution in [0, 0.1) is 0 Å². The average Bonchev–Trinajstić information content (AvgIpc) is 2.67. The molecule has 128 valence electrons. The van der Waals surface area contributed by atoms with Crippen LogP contribution >= 0.6 is 0 Å². The van der Waals surface area contributed by atoms with Gasteiger partial charge in [0, 0.05) is 36.1 Å². The number of pyridine rings is 1. The molecular formula is C21H22N2O2. The summed E-state index contributed by atoms with van der Waals surface area (Å²) in [6.07, 6.45) is 3.56. The number of aromatic hydroxyl groups is 1. The molecule has 0 saturated carbocycles. The molecule has 2 aromatic carbocycles. The first-order chi connectivity index (χ1) is 12.2. The lowest BCUT2D eigenvalue weighted by Gasteiger charge is -2.15. The number of phenols is 1. The molecule has 0 bridgehead atoms. The van der Waals surface area contributed by atoms with Crippen LogP contribution in [0.5, 0.6) is 11.5 Å². The van der Waals surface area contributed by atoms with Gasteiger partial charge in [-0.25, -0.2) is 0 Å². The number of benzene rings is 2. The molecule has 0 spiro atoms. The van der Waals surface area contributed by atoms with Crippen LogP contribution in [0.1, 0.15) is 29.7 Å². The summed E-state index contributed by atoms with van der Waals surface area (Å²) in [5, 5.41) is 13.2. The maximum absolute atomic E-state index is 9.82. The Labute approximate surface area is 148 Å². The summed E-state index contributed by atoms with van der Waals surface area (Å²) in [5.41, 5.74) is 3.11. The van der Waals surface area contributed by atoms with Crippen molar-refractivity contribution in [2.75, 3.05) is 0 Å². The molecule has 0 saturated heterocycles. The quantitative estimate of drug-likeness (QED) is 0.679. The summed E-state index contributed by atoms with van der Waals surface area (Å²) in [5.74, 6) is 1.15. The summed E-state index contributed by atoms with van der Waals surface area (Å²) in [7, 11) is 0. The van der Waals surface area contributed by atoms with Gasteiger partial charge in [0.25, 0.3) is 0 Å². The third-order valence-corrected chi connectivity index (χ3v) is 4.10. The lowest BCUT2D eigenvalue weighted by molar-refractivity contribution is 0.305. The highest BCUT2D eigenvalue weighted by Crippen LogP contribution is 2.20. The van der Waals surface area contributed by atoms with E-state index >= 15 is 0 Å². The summed E-state index contributed by atoms with van der Waals surface area (Å²) >= 11 is 0. The molecule has 1 aromatic heterocycles. The molecule has 3 rings (SSSR count). The summed E-state index contributed by atoms with van der Waals surface area (Å²) in [6, 6.07) is 19.5. The predicted molar refractivity (Wildman–Crippen MR) is 98.4 cm³/mol. The first-order valence-corrected chi connectivity index (χ1v) is 8.34. The maximum atomic E-state index is 9.82. The molecule has 0 aliphatic carbocycles. The van der Waals surface area contributed by atoms with Gasteiger partial charge >= 0.3 is 0 Å². The lowest BCUT2D eigenvalue weighted by Crippen LogP contribution is -2.18. The first kappa shape index (κ1) is 17.0. The average molecular weight is 334 g/mol. The van der Waals surface area contributed by atoms with E-state index < -0.39 is 0 Å². The highest BCUT2D eigenvalue weighted by molar-refractivity contribution is 5.32. The monoisotopic (exact) mass is 334 g/mol. The Morgan fingerprint density at radius 2 is 1.84 bits per heavy atom. The van der Waals surface area contributed by atoms with Crippen molar-refractivity contribution >= 4 is 0 Å². The fourth-order valence-corrected chi connectivity index (χ4v) is 2.54. The largest absolute Gasteiger partial charge is 0.508 e. The molecule has 4 heteroatoms. The highest BCUT2D eigenvalue weighted by atomic mass is 16.5. The van der Waals surface area contributed by atoms with E-state index in [-0.39, 0.29) is 6.04 Å². The fraction of sp³-hybridized carbons (Fsp3) is 0.190. The standard InChI is InChI=1S/C21H22N2O2/c1-16(23-14-19-6-2-3-7-21(19)24)18-8-10-20(11-9-18)25-15-17-5-4-12-22-13-17/h2-13,16,23-24H,14-15H2,1H3. The summed E-state index contributed by atoms with van der Waals surface area (Å²) in [6.45, 7) is 3.23. The van der Waals surface area contributed by atoms with Crippen LogP contribution in [-0.4, -0.2) is 10.1 Å². The zero-order valence-electron chi connectivity index (χ0n) is 14.2. The minimum Gasteiger partial charge on any atom is -0.508 e. The Bertz CT molecular complexity index is 789. The molecule has 0 aliphatic heterocycles. The zero-order valence-corrected chi connectivity index (χ0v) is 14.2. The van der Waals surface area contributed by atoms with E-state index in [9.17, 15) is 5.11 Å². The topological polar surface area (TPSA) is 54.4 Å². The van der Waals surface area contributed by atoms with Crippen LogP contribution < -0.4 is 10.1 Å². The minimum atomic E-state index is 0.173. The molecule has 0 aliphatic rings. The molecule has 4 nitrogen and oxygen atoms in total. The summed E-state index contributed by atoms with van der Waals surface area (Å²) < 4.78 is 5.78. The predicted octanol–water partition coefficient (Wildman–Crippen LogP) is 4.22. The number of hydrogen-bond donors (Lipinski definition) is 2. The number of phenolic OH excluding ortho intramolecular Hbond substituents is 1. The van der Waals surface area contributed by atoms with Gasteiger partial charge in [-0.2, -0.15) is 0 Å². The lowest BCUT2D eigenvalue weighted by atomic mass is 10.1. The number of nitrogens with one attached hydrogen (secondary N) is 1. The second-order valence-corrected chi connectivity index (χ2v) is 5.95. The van der Waals surface area contributed by atoms with Gasteiger partial charge in [0.05, 0.1) is 0 Å². The van der Waals surface area contributed by atoms with Gasteiger partial charge in [-0.15, -0.1) is 0 Å². The van der Waals surface area contributed by atoms with Crippen molar-refractivity contribution in [2.45, 2.75) is 26.1 Å². The van der Waals surface area contributed by atoms with Gasteiger partial charge < -0.3 is 15.2 Å². The Kier molecular flexibility index (Phi) is 5.65. The molecule has 1 atom stereocenters. The smallest absolute Gasteiger partial charge is 0.120 e. The zero-order chi connectivity index (χ0) is 17.5. The van der Waals surface area contributed by atoms with Gasteiger partial charge in [-0.3, -0.25) is 4.98 Å². The summed E-state index contributed by atoms with van der Waals surface area (Å²) in [4.78, 5) is 4.08. The third-order valence-electron chi connectivity index (χ3n) is 4.10. The van der Waals surface area contributed by atoms with E-state index in [1.807, 2.05) is 42.5 Å². The number of ether oxygens (including phenoxy) is 1. The van der Waals surface area contributed by atoms with Gasteiger partial charge in [0.1, 0.15) is 18.1 Å². The van der Waals surface area contributed by atoms with Crippen LogP contribution in [0.3, 0.4) is 0 Å². The van der Waals surface area contributed by atoms with Crippen molar-refractivity contribution in [3.05, 3.63) is 89.7 Å². The Morgan fingerprint density at radius 1 is 1.04 bits per heavy atom. The maximum Gasteiger partial charge on any atom is 0.120 e. The molecular weight excluding hydrogens is 312 g/mol. The van der Waals surface area contributed by atoms with E-state index in [1.165, 1.54) is 5.56 Å². The number of rotatable bonds is 7. The Balaban J connectivity index is 1.53. The Morgan fingerprint density at radius 3 is 2.56 bits per heavy atom. The number of hydrogen-bond acceptors (Lipinski definition) is 4. The van der Waals surface area contributed by atoms with Crippen molar-refractivity contribution in [1.82, 2.24) is 10.3 Å². The molecule has 3 aromatic rings. The number of nitrogens with zero attached hydrogens (tertiary/aromatic N) is 1. The van der Waals surface area contributed by atoms with Gasteiger partial charge in [-0.05, 0) is 36.8 Å². The van der Waals surface area contributed by atoms with Crippen LogP contribution in [0.25, 0.3) is 0 Å². The molecule has 1 unspecified atom stereocenters. The van der Waals surface area contributed by atoms with Gasteiger partial charge in [0.15, 0.2) is 0 Å². The van der Waals surface area contributed by atoms with Crippen molar-refractivity contribution in [2.24, 2.45) is 0 Å². The molecule has 0 radical (unpaired) electrons. The van der Waals surface area contributed by atoms with Crippen LogP contribution in [0.15, 0.2) is 73.1 Å². The van der Waals surface area contributed by atoms with Crippen molar-refractivity contribution in [3.8, 4) is 11.5 Å². The van der Waals surface area contributed by atoms with E-state index in [1.54, 1.807) is 18.5 Å². The second-order valence-electron chi connectivity index (χ2n) is 5.95. The first-order valence-electron chi connectivity index (χ1n) is 8.34. The molecule has 25 heavy (non-hydrogen) atoms. The van der Waals surface area contributed by atoms with E-state index in [4.69, 9.17) is 4.74 Å². The van der Waals surface area contributed by atoms with Crippen LogP contribution in [0.4, 0.5) is 0 Å².